The number of ether oxygens (including phenoxy) is 1. The summed E-state index contributed by atoms with van der Waals surface area (Å²) in [7, 11) is -3.71. The first-order valence-electron chi connectivity index (χ1n) is 8.84. The molecule has 2 heterocycles. The molecule has 26 heavy (non-hydrogen) atoms. The van der Waals surface area contributed by atoms with Crippen LogP contribution in [-0.2, 0) is 19.6 Å². The Kier molecular flexibility index (Phi) is 6.52. The summed E-state index contributed by atoms with van der Waals surface area (Å²) < 4.78 is 32.3. The van der Waals surface area contributed by atoms with Gasteiger partial charge in [0.1, 0.15) is 6.04 Å². The number of carbonyl (C=O) groups excluding carboxylic acids is 1. The zero-order chi connectivity index (χ0) is 18.6. The smallest absolute Gasteiger partial charge is 0.243 e. The third kappa shape index (κ3) is 4.55. The van der Waals surface area contributed by atoms with Crippen LogP contribution in [0.15, 0.2) is 29.2 Å². The highest BCUT2D eigenvalue weighted by atomic mass is 35.5. The molecule has 1 aromatic carbocycles. The Morgan fingerprint density at radius 3 is 2.58 bits per heavy atom. The molecule has 0 saturated carbocycles. The molecule has 2 aliphatic rings. The van der Waals surface area contributed by atoms with Crippen LogP contribution in [0.25, 0.3) is 0 Å². The molecule has 1 aromatic rings. The summed E-state index contributed by atoms with van der Waals surface area (Å²) in [5, 5.41) is 3.36. The minimum Gasteiger partial charge on any atom is -0.379 e. The highest BCUT2D eigenvalue weighted by Gasteiger charge is 2.39. The van der Waals surface area contributed by atoms with Crippen molar-refractivity contribution in [2.75, 3.05) is 45.9 Å². The van der Waals surface area contributed by atoms with Crippen molar-refractivity contribution in [3.05, 3.63) is 29.3 Å². The number of benzene rings is 1. The minimum absolute atomic E-state index is 0.162. The van der Waals surface area contributed by atoms with Gasteiger partial charge in [0.05, 0.1) is 18.1 Å². The zero-order valence-corrected chi connectivity index (χ0v) is 16.1. The summed E-state index contributed by atoms with van der Waals surface area (Å²) in [5.74, 6) is -0.228. The monoisotopic (exact) mass is 401 g/mol. The fraction of sp³-hybridized carbons (Fsp3) is 0.588. The highest BCUT2D eigenvalue weighted by Crippen LogP contribution is 2.27. The molecule has 144 valence electrons. The van der Waals surface area contributed by atoms with Gasteiger partial charge in [-0.15, -0.1) is 0 Å². The molecule has 0 unspecified atom stereocenters. The molecule has 0 aromatic heterocycles. The summed E-state index contributed by atoms with van der Waals surface area (Å²) in [6.07, 6.45) is 1.21. The van der Waals surface area contributed by atoms with Gasteiger partial charge in [0.25, 0.3) is 0 Å². The Labute approximate surface area is 159 Å². The molecule has 7 nitrogen and oxygen atoms in total. The van der Waals surface area contributed by atoms with Crippen LogP contribution in [0.1, 0.15) is 12.8 Å². The molecule has 1 atom stereocenters. The Morgan fingerprint density at radius 2 is 1.88 bits per heavy atom. The number of sulfonamides is 1. The van der Waals surface area contributed by atoms with E-state index < -0.39 is 16.1 Å². The first-order valence-corrected chi connectivity index (χ1v) is 10.7. The van der Waals surface area contributed by atoms with E-state index in [1.165, 1.54) is 16.4 Å². The number of hydrogen-bond acceptors (Lipinski definition) is 5. The van der Waals surface area contributed by atoms with Gasteiger partial charge in [-0.3, -0.25) is 9.69 Å². The van der Waals surface area contributed by atoms with E-state index >= 15 is 0 Å². The van der Waals surface area contributed by atoms with Crippen molar-refractivity contribution in [1.29, 1.82) is 0 Å². The van der Waals surface area contributed by atoms with Gasteiger partial charge in [-0.25, -0.2) is 8.42 Å². The van der Waals surface area contributed by atoms with Crippen molar-refractivity contribution < 1.29 is 17.9 Å². The molecule has 2 aliphatic heterocycles. The van der Waals surface area contributed by atoms with Crippen molar-refractivity contribution in [3.8, 4) is 0 Å². The van der Waals surface area contributed by atoms with E-state index in [0.717, 1.165) is 19.6 Å². The summed E-state index contributed by atoms with van der Waals surface area (Å²) in [6.45, 7) is 4.74. The average molecular weight is 402 g/mol. The lowest BCUT2D eigenvalue weighted by molar-refractivity contribution is -0.124. The number of hydrogen-bond donors (Lipinski definition) is 1. The molecular formula is C17H24ClN3O4S. The first kappa shape index (κ1) is 19.6. The number of morpholine rings is 1. The maximum atomic E-state index is 12.9. The largest absolute Gasteiger partial charge is 0.379 e. The molecule has 1 amide bonds. The summed E-state index contributed by atoms with van der Waals surface area (Å²) >= 11 is 5.84. The van der Waals surface area contributed by atoms with E-state index in [-0.39, 0.29) is 10.8 Å². The molecule has 0 aliphatic carbocycles. The number of nitrogens with one attached hydrogen (secondary N) is 1. The van der Waals surface area contributed by atoms with E-state index in [0.29, 0.717) is 44.2 Å². The fourth-order valence-corrected chi connectivity index (χ4v) is 5.09. The number of amides is 1. The lowest BCUT2D eigenvalue weighted by atomic mass is 10.2. The Bertz CT molecular complexity index is 720. The van der Waals surface area contributed by atoms with Gasteiger partial charge in [0, 0.05) is 37.7 Å². The number of halogens is 1. The third-order valence-corrected chi connectivity index (χ3v) is 6.93. The van der Waals surface area contributed by atoms with Crippen molar-refractivity contribution in [2.24, 2.45) is 0 Å². The van der Waals surface area contributed by atoms with E-state index in [2.05, 4.69) is 10.2 Å². The van der Waals surface area contributed by atoms with Crippen molar-refractivity contribution in [1.82, 2.24) is 14.5 Å². The van der Waals surface area contributed by atoms with Crippen LogP contribution < -0.4 is 5.32 Å². The van der Waals surface area contributed by atoms with E-state index in [4.69, 9.17) is 16.3 Å². The molecule has 3 rings (SSSR count). The highest BCUT2D eigenvalue weighted by molar-refractivity contribution is 7.89. The van der Waals surface area contributed by atoms with Crippen molar-refractivity contribution in [2.45, 2.75) is 23.8 Å². The standard InChI is InChI=1S/C17H24ClN3O4S/c18-14-3-5-15(6-4-14)26(23,24)21-8-1-2-16(21)17(22)19-7-9-20-10-12-25-13-11-20/h3-6,16H,1-2,7-13H2,(H,19,22)/t16-/m1/s1. The van der Waals surface area contributed by atoms with E-state index in [1.54, 1.807) is 12.1 Å². The topological polar surface area (TPSA) is 79.0 Å². The zero-order valence-electron chi connectivity index (χ0n) is 14.6. The third-order valence-electron chi connectivity index (χ3n) is 4.76. The summed E-state index contributed by atoms with van der Waals surface area (Å²) in [6, 6.07) is 5.39. The molecule has 0 radical (unpaired) electrons. The van der Waals surface area contributed by atoms with Gasteiger partial charge in [0.2, 0.25) is 15.9 Å². The van der Waals surface area contributed by atoms with Gasteiger partial charge >= 0.3 is 0 Å². The molecule has 1 N–H and O–H groups in total. The van der Waals surface area contributed by atoms with E-state index in [9.17, 15) is 13.2 Å². The van der Waals surface area contributed by atoms with Crippen LogP contribution in [0.2, 0.25) is 5.02 Å². The van der Waals surface area contributed by atoms with Crippen LogP contribution in [0.3, 0.4) is 0 Å². The second kappa shape index (κ2) is 8.67. The van der Waals surface area contributed by atoms with Crippen LogP contribution in [0.5, 0.6) is 0 Å². The van der Waals surface area contributed by atoms with E-state index in [1.807, 2.05) is 0 Å². The average Bonchev–Trinajstić information content (AvgIpc) is 3.14. The quantitative estimate of drug-likeness (QED) is 0.767. The summed E-state index contributed by atoms with van der Waals surface area (Å²) in [5.41, 5.74) is 0. The minimum atomic E-state index is -3.71. The van der Waals surface area contributed by atoms with Crippen molar-refractivity contribution >= 4 is 27.5 Å². The maximum Gasteiger partial charge on any atom is 0.243 e. The van der Waals surface area contributed by atoms with Crippen LogP contribution in [0, 0.1) is 0 Å². The van der Waals surface area contributed by atoms with Gasteiger partial charge < -0.3 is 10.1 Å². The molecular weight excluding hydrogens is 378 g/mol. The summed E-state index contributed by atoms with van der Waals surface area (Å²) in [4.78, 5) is 14.9. The predicted octanol–water partition coefficient (Wildman–Crippen LogP) is 0.941. The Hall–Kier alpha value is -1.19. The molecule has 0 spiro atoms. The molecule has 2 fully saturated rings. The van der Waals surface area contributed by atoms with Crippen LogP contribution >= 0.6 is 11.6 Å². The fourth-order valence-electron chi connectivity index (χ4n) is 3.31. The second-order valence-corrected chi connectivity index (χ2v) is 8.80. The molecule has 2 saturated heterocycles. The lowest BCUT2D eigenvalue weighted by Gasteiger charge is -2.27. The maximum absolute atomic E-state index is 12.9. The predicted molar refractivity (Wildman–Crippen MR) is 98.6 cm³/mol. The van der Waals surface area contributed by atoms with Crippen molar-refractivity contribution in [3.63, 3.8) is 0 Å². The Morgan fingerprint density at radius 1 is 1.19 bits per heavy atom. The number of carbonyl (C=O) groups is 1. The molecule has 9 heteroatoms. The molecule has 0 bridgehead atoms. The van der Waals surface area contributed by atoms with Crippen LogP contribution in [0.4, 0.5) is 0 Å². The van der Waals surface area contributed by atoms with Gasteiger partial charge in [-0.05, 0) is 37.1 Å². The SMILES string of the molecule is O=C(NCCN1CCOCC1)[C@H]1CCCN1S(=O)(=O)c1ccc(Cl)cc1. The van der Waals surface area contributed by atoms with Gasteiger partial charge in [-0.2, -0.15) is 4.31 Å². The first-order chi connectivity index (χ1) is 12.5. The normalized spacial score (nSPS) is 22.4. The van der Waals surface area contributed by atoms with Gasteiger partial charge in [-0.1, -0.05) is 11.6 Å². The van der Waals surface area contributed by atoms with Gasteiger partial charge in [0.15, 0.2) is 0 Å². The number of nitrogens with zero attached hydrogens (tertiary/aromatic N) is 2. The Balaban J connectivity index is 1.59. The second-order valence-electron chi connectivity index (χ2n) is 6.47. The van der Waals surface area contributed by atoms with Crippen LogP contribution in [-0.4, -0.2) is 75.5 Å². The number of rotatable bonds is 6. The lowest BCUT2D eigenvalue weighted by Crippen LogP contribution is -2.48.